The predicted molar refractivity (Wildman–Crippen MR) is 125 cm³/mol. The van der Waals surface area contributed by atoms with Crippen molar-refractivity contribution in [1.82, 2.24) is 5.32 Å². The number of carbonyl (C=O) groups is 1. The van der Waals surface area contributed by atoms with Gasteiger partial charge in [-0.3, -0.25) is 5.32 Å². The lowest BCUT2D eigenvalue weighted by Gasteiger charge is -2.25. The number of hydrogen-bond acceptors (Lipinski definition) is 4. The smallest absolute Gasteiger partial charge is 0.324 e. The van der Waals surface area contributed by atoms with Crippen LogP contribution in [-0.2, 0) is 11.3 Å². The van der Waals surface area contributed by atoms with Crippen LogP contribution < -0.4 is 16.0 Å². The summed E-state index contributed by atoms with van der Waals surface area (Å²) >= 11 is 1.58. The monoisotopic (exact) mass is 423 g/mol. The molecule has 1 aromatic heterocycles. The molecule has 30 heavy (non-hydrogen) atoms. The summed E-state index contributed by atoms with van der Waals surface area (Å²) in [5.41, 5.74) is 1.92. The highest BCUT2D eigenvalue weighted by Gasteiger charge is 2.17. The third-order valence-corrected chi connectivity index (χ3v) is 6.63. The lowest BCUT2D eigenvalue weighted by molar-refractivity contribution is 0.0611. The minimum atomic E-state index is -0.218. The van der Waals surface area contributed by atoms with E-state index in [1.165, 1.54) is 0 Å². The van der Waals surface area contributed by atoms with Crippen molar-refractivity contribution >= 4 is 38.1 Å². The fourth-order valence-corrected chi connectivity index (χ4v) is 4.91. The van der Waals surface area contributed by atoms with Gasteiger partial charge in [-0.15, -0.1) is 11.3 Å². The van der Waals surface area contributed by atoms with Crippen LogP contribution in [0.4, 0.5) is 15.5 Å². The number of ether oxygens (including phenoxy) is 1. The number of amides is 2. The van der Waals surface area contributed by atoms with Gasteiger partial charge in [0, 0.05) is 36.2 Å². The van der Waals surface area contributed by atoms with Crippen LogP contribution in [0, 0.1) is 5.92 Å². The first-order valence-corrected chi connectivity index (χ1v) is 11.4. The normalized spacial score (nSPS) is 15.8. The van der Waals surface area contributed by atoms with E-state index in [0.29, 0.717) is 6.04 Å². The first-order valence-electron chi connectivity index (χ1n) is 10.6. The van der Waals surface area contributed by atoms with E-state index in [1.54, 1.807) is 11.3 Å². The molecule has 1 aliphatic heterocycles. The zero-order chi connectivity index (χ0) is 20.8. The van der Waals surface area contributed by atoms with Gasteiger partial charge in [0.2, 0.25) is 0 Å². The molecule has 158 valence electrons. The second-order valence-electron chi connectivity index (χ2n) is 7.96. The van der Waals surface area contributed by atoms with Crippen molar-refractivity contribution < 1.29 is 9.53 Å². The summed E-state index contributed by atoms with van der Waals surface area (Å²) < 4.78 is 6.62. The van der Waals surface area contributed by atoms with Gasteiger partial charge in [-0.05, 0) is 61.3 Å². The summed E-state index contributed by atoms with van der Waals surface area (Å²) in [5.74, 6) is 0.738. The molecular formula is C24H29N3O2S. The third-order valence-electron chi connectivity index (χ3n) is 5.60. The summed E-state index contributed by atoms with van der Waals surface area (Å²) in [7, 11) is 0. The molecule has 2 aromatic carbocycles. The Morgan fingerprint density at radius 3 is 2.70 bits per heavy atom. The fraction of sp³-hybridized carbons (Fsp3) is 0.375. The number of rotatable bonds is 7. The number of anilines is 2. The molecular weight excluding hydrogens is 394 g/mol. The molecule has 0 aliphatic carbocycles. The van der Waals surface area contributed by atoms with Crippen LogP contribution in [0.25, 0.3) is 10.1 Å². The van der Waals surface area contributed by atoms with Crippen LogP contribution in [-0.4, -0.2) is 25.3 Å². The predicted octanol–water partition coefficient (Wildman–Crippen LogP) is 5.84. The Kier molecular flexibility index (Phi) is 7.00. The second-order valence-corrected chi connectivity index (χ2v) is 9.04. The molecule has 4 rings (SSSR count). The fourth-order valence-electron chi connectivity index (χ4n) is 3.95. The van der Waals surface area contributed by atoms with E-state index in [2.05, 4.69) is 41.1 Å². The van der Waals surface area contributed by atoms with Gasteiger partial charge in [-0.1, -0.05) is 36.4 Å². The first-order chi connectivity index (χ1) is 14.7. The van der Waals surface area contributed by atoms with E-state index in [1.807, 2.05) is 36.4 Å². The Labute approximate surface area is 181 Å². The summed E-state index contributed by atoms with van der Waals surface area (Å²) in [6.07, 6.45) is 3.47. The molecule has 5 nitrogen and oxygen atoms in total. The highest BCUT2D eigenvalue weighted by molar-refractivity contribution is 7.22. The molecule has 0 spiro atoms. The number of urea groups is 1. The van der Waals surface area contributed by atoms with Gasteiger partial charge in [-0.2, -0.15) is 0 Å². The van der Waals surface area contributed by atoms with Crippen LogP contribution in [0.2, 0.25) is 0 Å². The van der Waals surface area contributed by atoms with Gasteiger partial charge in [0.05, 0.1) is 5.00 Å². The highest BCUT2D eigenvalue weighted by Crippen LogP contribution is 2.29. The van der Waals surface area contributed by atoms with E-state index in [-0.39, 0.29) is 6.03 Å². The molecule has 0 radical (unpaired) electrons. The summed E-state index contributed by atoms with van der Waals surface area (Å²) in [4.78, 5) is 12.6. The van der Waals surface area contributed by atoms with Crippen molar-refractivity contribution in [2.45, 2.75) is 38.8 Å². The van der Waals surface area contributed by atoms with Crippen LogP contribution in [0.3, 0.4) is 0 Å². The zero-order valence-electron chi connectivity index (χ0n) is 17.3. The molecule has 2 heterocycles. The number of fused-ring (bicyclic) bond motifs is 1. The topological polar surface area (TPSA) is 62.4 Å². The number of benzene rings is 2. The average Bonchev–Trinajstić information content (AvgIpc) is 3.16. The Hall–Kier alpha value is -2.41. The first kappa shape index (κ1) is 20.8. The average molecular weight is 424 g/mol. The quantitative estimate of drug-likeness (QED) is 0.447. The largest absolute Gasteiger partial charge is 0.381 e. The molecule has 1 saturated heterocycles. The molecule has 6 heteroatoms. The number of para-hydroxylation sites is 1. The molecule has 2 amide bonds. The van der Waals surface area contributed by atoms with E-state index in [9.17, 15) is 4.79 Å². The summed E-state index contributed by atoms with van der Waals surface area (Å²) in [5, 5.41) is 11.6. The van der Waals surface area contributed by atoms with Gasteiger partial charge >= 0.3 is 6.03 Å². The SMILES string of the molecule is CC(CC1CCOCC1)NCc1ccccc1NC(=O)Nc1cc2ccccc2s1. The zero-order valence-corrected chi connectivity index (χ0v) is 18.1. The maximum Gasteiger partial charge on any atom is 0.324 e. The van der Waals surface area contributed by atoms with Crippen molar-refractivity contribution in [2.24, 2.45) is 5.92 Å². The van der Waals surface area contributed by atoms with E-state index in [0.717, 1.165) is 71.3 Å². The van der Waals surface area contributed by atoms with Gasteiger partial charge in [0.15, 0.2) is 0 Å². The summed E-state index contributed by atoms with van der Waals surface area (Å²) in [6.45, 7) is 4.74. The Balaban J connectivity index is 1.32. The Morgan fingerprint density at radius 1 is 1.10 bits per heavy atom. The lowest BCUT2D eigenvalue weighted by atomic mass is 9.93. The molecule has 3 N–H and O–H groups in total. The lowest BCUT2D eigenvalue weighted by Crippen LogP contribution is -2.30. The van der Waals surface area contributed by atoms with Crippen LogP contribution in [0.15, 0.2) is 54.6 Å². The van der Waals surface area contributed by atoms with Crippen molar-refractivity contribution in [3.63, 3.8) is 0 Å². The van der Waals surface area contributed by atoms with Gasteiger partial charge < -0.3 is 15.4 Å². The highest BCUT2D eigenvalue weighted by atomic mass is 32.1. The second kappa shape index (κ2) is 10.1. The Bertz CT molecular complexity index is 948. The number of hydrogen-bond donors (Lipinski definition) is 3. The minimum absolute atomic E-state index is 0.218. The maximum atomic E-state index is 12.6. The molecule has 1 unspecified atom stereocenters. The van der Waals surface area contributed by atoms with E-state index < -0.39 is 0 Å². The van der Waals surface area contributed by atoms with Crippen molar-refractivity contribution in [3.05, 3.63) is 60.2 Å². The van der Waals surface area contributed by atoms with Gasteiger partial charge in [0.1, 0.15) is 0 Å². The van der Waals surface area contributed by atoms with E-state index >= 15 is 0 Å². The minimum Gasteiger partial charge on any atom is -0.381 e. The molecule has 1 fully saturated rings. The van der Waals surface area contributed by atoms with Crippen molar-refractivity contribution in [1.29, 1.82) is 0 Å². The molecule has 3 aromatic rings. The van der Waals surface area contributed by atoms with Crippen LogP contribution in [0.5, 0.6) is 0 Å². The standard InChI is InChI=1S/C24H29N3O2S/c1-17(14-18-10-12-29-13-11-18)25-16-20-7-2-4-8-21(20)26-24(28)27-23-15-19-6-3-5-9-22(19)30-23/h2-9,15,17-18,25H,10-14,16H2,1H3,(H2,26,27,28). The number of nitrogens with one attached hydrogen (secondary N) is 3. The van der Waals surface area contributed by atoms with Crippen molar-refractivity contribution in [3.8, 4) is 0 Å². The maximum absolute atomic E-state index is 12.6. The Morgan fingerprint density at radius 2 is 1.87 bits per heavy atom. The van der Waals surface area contributed by atoms with Crippen LogP contribution in [0.1, 0.15) is 31.7 Å². The van der Waals surface area contributed by atoms with Gasteiger partial charge in [0.25, 0.3) is 0 Å². The van der Waals surface area contributed by atoms with Crippen molar-refractivity contribution in [2.75, 3.05) is 23.8 Å². The molecule has 1 atom stereocenters. The van der Waals surface area contributed by atoms with E-state index in [4.69, 9.17) is 4.74 Å². The van der Waals surface area contributed by atoms with Crippen LogP contribution >= 0.6 is 11.3 Å². The third kappa shape index (κ3) is 5.59. The molecule has 0 bridgehead atoms. The molecule has 1 aliphatic rings. The molecule has 0 saturated carbocycles. The van der Waals surface area contributed by atoms with Gasteiger partial charge in [-0.25, -0.2) is 4.79 Å². The summed E-state index contributed by atoms with van der Waals surface area (Å²) in [6, 6.07) is 18.3. The number of carbonyl (C=O) groups excluding carboxylic acids is 1. The number of thiophene rings is 1.